The third-order valence-electron chi connectivity index (χ3n) is 7.03. The number of benzene rings is 1. The molecule has 4 nitrogen and oxygen atoms in total. The summed E-state index contributed by atoms with van der Waals surface area (Å²) >= 11 is 0. The zero-order valence-corrected chi connectivity index (χ0v) is 24.9. The van der Waals surface area contributed by atoms with Crippen molar-refractivity contribution in [1.29, 1.82) is 0 Å². The minimum absolute atomic E-state index is 0.178. The SMILES string of the molecule is CCOC(=O)C(C)(C)Oc1cc(C)c2c(c1)CC[C@@](C)(CC/C=C(\C)CC/C=C(\C)CCC=C(C)C)O2. The van der Waals surface area contributed by atoms with Crippen molar-refractivity contribution in [2.45, 2.75) is 125 Å². The molecule has 1 aromatic rings. The van der Waals surface area contributed by atoms with Crippen LogP contribution in [-0.4, -0.2) is 23.8 Å². The maximum Gasteiger partial charge on any atom is 0.349 e. The number of hydrogen-bond donors (Lipinski definition) is 0. The van der Waals surface area contributed by atoms with Crippen LogP contribution >= 0.6 is 0 Å². The molecule has 206 valence electrons. The summed E-state index contributed by atoms with van der Waals surface area (Å²) in [4.78, 5) is 12.2. The Morgan fingerprint density at radius 2 is 1.65 bits per heavy atom. The molecule has 0 saturated heterocycles. The van der Waals surface area contributed by atoms with Gasteiger partial charge in [0.25, 0.3) is 0 Å². The average molecular weight is 511 g/mol. The van der Waals surface area contributed by atoms with Gasteiger partial charge in [-0.1, -0.05) is 34.9 Å². The number of ether oxygens (including phenoxy) is 3. The molecule has 0 fully saturated rings. The molecule has 1 aliphatic rings. The summed E-state index contributed by atoms with van der Waals surface area (Å²) in [7, 11) is 0. The Kier molecular flexibility index (Phi) is 11.5. The highest BCUT2D eigenvalue weighted by molar-refractivity contribution is 5.79. The summed E-state index contributed by atoms with van der Waals surface area (Å²) in [5.74, 6) is 1.29. The first-order valence-electron chi connectivity index (χ1n) is 14.0. The van der Waals surface area contributed by atoms with E-state index in [1.54, 1.807) is 20.8 Å². The lowest BCUT2D eigenvalue weighted by Gasteiger charge is -2.37. The molecule has 0 aromatic heterocycles. The van der Waals surface area contributed by atoms with Gasteiger partial charge in [-0.25, -0.2) is 4.79 Å². The van der Waals surface area contributed by atoms with E-state index in [4.69, 9.17) is 14.2 Å². The number of carbonyl (C=O) groups is 1. The third-order valence-corrected chi connectivity index (χ3v) is 7.03. The van der Waals surface area contributed by atoms with Crippen molar-refractivity contribution in [1.82, 2.24) is 0 Å². The van der Waals surface area contributed by atoms with E-state index in [1.807, 2.05) is 19.1 Å². The molecule has 0 spiro atoms. The molecule has 0 radical (unpaired) electrons. The Hall–Kier alpha value is -2.49. The summed E-state index contributed by atoms with van der Waals surface area (Å²) in [5.41, 5.74) is 5.31. The molecule has 37 heavy (non-hydrogen) atoms. The zero-order chi connectivity index (χ0) is 27.6. The van der Waals surface area contributed by atoms with Crippen LogP contribution in [0.3, 0.4) is 0 Å². The predicted molar refractivity (Wildman–Crippen MR) is 155 cm³/mol. The van der Waals surface area contributed by atoms with Gasteiger partial charge in [0.05, 0.1) is 6.61 Å². The smallest absolute Gasteiger partial charge is 0.349 e. The normalized spacial score (nSPS) is 18.1. The first-order valence-corrected chi connectivity index (χ1v) is 14.0. The first kappa shape index (κ1) is 30.7. The van der Waals surface area contributed by atoms with Crippen molar-refractivity contribution in [3.8, 4) is 11.5 Å². The average Bonchev–Trinajstić information content (AvgIpc) is 2.79. The molecule has 0 unspecified atom stereocenters. The van der Waals surface area contributed by atoms with E-state index in [-0.39, 0.29) is 11.6 Å². The summed E-state index contributed by atoms with van der Waals surface area (Å²) < 4.78 is 17.8. The molecule has 0 saturated carbocycles. The van der Waals surface area contributed by atoms with Crippen LogP contribution in [0.4, 0.5) is 0 Å². The van der Waals surface area contributed by atoms with Gasteiger partial charge in [-0.05, 0) is 137 Å². The number of fused-ring (bicyclic) bond motifs is 1. The second kappa shape index (κ2) is 13.9. The molecule has 1 aromatic carbocycles. The van der Waals surface area contributed by atoms with Gasteiger partial charge in [0.2, 0.25) is 0 Å². The summed E-state index contributed by atoms with van der Waals surface area (Å²) in [6, 6.07) is 3.98. The standard InChI is InChI=1S/C33H50O4/c1-10-35-31(34)32(7,8)36-29-22-27(6)30-28(23-29)19-21-33(9,37-30)20-13-18-26(5)17-12-16-25(4)15-11-14-24(2)3/h14,16,18,22-23H,10-13,15,17,19-21H2,1-9H3/b25-16+,26-18+/t33-/m1/s1. The van der Waals surface area contributed by atoms with Crippen molar-refractivity contribution in [3.05, 3.63) is 58.2 Å². The lowest BCUT2D eigenvalue weighted by atomic mass is 9.87. The number of allylic oxidation sites excluding steroid dienone is 6. The summed E-state index contributed by atoms with van der Waals surface area (Å²) in [6.07, 6.45) is 15.5. The maximum atomic E-state index is 12.2. The number of carbonyl (C=O) groups excluding carboxylic acids is 1. The molecule has 1 aliphatic heterocycles. The molecule has 0 aliphatic carbocycles. The minimum Gasteiger partial charge on any atom is -0.487 e. The molecule has 0 N–H and O–H groups in total. The molecule has 0 bridgehead atoms. The Balaban J connectivity index is 1.91. The number of hydrogen-bond acceptors (Lipinski definition) is 4. The summed E-state index contributed by atoms with van der Waals surface area (Å²) in [5, 5.41) is 0. The van der Waals surface area contributed by atoms with Crippen LogP contribution in [0, 0.1) is 6.92 Å². The van der Waals surface area contributed by atoms with Gasteiger partial charge < -0.3 is 14.2 Å². The minimum atomic E-state index is -1.04. The van der Waals surface area contributed by atoms with Crippen molar-refractivity contribution >= 4 is 5.97 Å². The van der Waals surface area contributed by atoms with Crippen molar-refractivity contribution in [2.24, 2.45) is 0 Å². The Bertz CT molecular complexity index is 1010. The lowest BCUT2D eigenvalue weighted by molar-refractivity contribution is -0.158. The predicted octanol–water partition coefficient (Wildman–Crippen LogP) is 9.00. The van der Waals surface area contributed by atoms with Gasteiger partial charge in [-0.15, -0.1) is 0 Å². The van der Waals surface area contributed by atoms with Crippen molar-refractivity contribution in [3.63, 3.8) is 0 Å². The number of esters is 1. The van der Waals surface area contributed by atoms with Crippen LogP contribution in [0.2, 0.25) is 0 Å². The molecule has 2 rings (SSSR count). The van der Waals surface area contributed by atoms with E-state index in [2.05, 4.69) is 52.8 Å². The fraction of sp³-hybridized carbons (Fsp3) is 0.606. The van der Waals surface area contributed by atoms with Crippen molar-refractivity contribution < 1.29 is 19.0 Å². The van der Waals surface area contributed by atoms with Gasteiger partial charge in [0.15, 0.2) is 5.60 Å². The fourth-order valence-electron chi connectivity index (χ4n) is 4.68. The van der Waals surface area contributed by atoms with Gasteiger partial charge in [-0.2, -0.15) is 0 Å². The van der Waals surface area contributed by atoms with Crippen LogP contribution < -0.4 is 9.47 Å². The third kappa shape index (κ3) is 10.1. The Morgan fingerprint density at radius 3 is 2.27 bits per heavy atom. The molecular weight excluding hydrogens is 460 g/mol. The van der Waals surface area contributed by atoms with Gasteiger partial charge in [-0.3, -0.25) is 0 Å². The molecule has 1 heterocycles. The Labute approximate surface area is 226 Å². The van der Waals surface area contributed by atoms with Crippen LogP contribution in [0.25, 0.3) is 0 Å². The molecule has 1 atom stereocenters. The lowest BCUT2D eigenvalue weighted by Crippen LogP contribution is -2.40. The van der Waals surface area contributed by atoms with Crippen LogP contribution in [-0.2, 0) is 16.0 Å². The van der Waals surface area contributed by atoms with E-state index in [9.17, 15) is 4.79 Å². The second-order valence-corrected chi connectivity index (χ2v) is 11.6. The molecule has 4 heteroatoms. The number of aryl methyl sites for hydroxylation is 2. The zero-order valence-electron chi connectivity index (χ0n) is 24.9. The van der Waals surface area contributed by atoms with E-state index < -0.39 is 5.60 Å². The number of rotatable bonds is 13. The van der Waals surface area contributed by atoms with Crippen molar-refractivity contribution in [2.75, 3.05) is 6.61 Å². The van der Waals surface area contributed by atoms with Crippen LogP contribution in [0.1, 0.15) is 111 Å². The monoisotopic (exact) mass is 510 g/mol. The van der Waals surface area contributed by atoms with Gasteiger partial charge in [0.1, 0.15) is 17.1 Å². The van der Waals surface area contributed by atoms with E-state index in [0.717, 1.165) is 68.2 Å². The summed E-state index contributed by atoms with van der Waals surface area (Å²) in [6.45, 7) is 18.7. The highest BCUT2D eigenvalue weighted by Gasteiger charge is 2.34. The van der Waals surface area contributed by atoms with Gasteiger partial charge in [0, 0.05) is 0 Å². The van der Waals surface area contributed by atoms with Crippen LogP contribution in [0.15, 0.2) is 47.1 Å². The quantitative estimate of drug-likeness (QED) is 0.196. The topological polar surface area (TPSA) is 44.8 Å². The van der Waals surface area contributed by atoms with Crippen LogP contribution in [0.5, 0.6) is 11.5 Å². The molecule has 0 amide bonds. The second-order valence-electron chi connectivity index (χ2n) is 11.6. The highest BCUT2D eigenvalue weighted by atomic mass is 16.6. The largest absolute Gasteiger partial charge is 0.487 e. The van der Waals surface area contributed by atoms with E-state index in [1.165, 1.54) is 16.7 Å². The molecular formula is C33H50O4. The first-order chi connectivity index (χ1) is 17.3. The van der Waals surface area contributed by atoms with Gasteiger partial charge >= 0.3 is 5.97 Å². The van der Waals surface area contributed by atoms with E-state index in [0.29, 0.717) is 12.4 Å². The highest BCUT2D eigenvalue weighted by Crippen LogP contribution is 2.40. The Morgan fingerprint density at radius 1 is 1.03 bits per heavy atom. The maximum absolute atomic E-state index is 12.2. The fourth-order valence-corrected chi connectivity index (χ4v) is 4.68. The van der Waals surface area contributed by atoms with E-state index >= 15 is 0 Å².